The van der Waals surface area contributed by atoms with Crippen LogP contribution in [0.25, 0.3) is 0 Å². The molecule has 0 radical (unpaired) electrons. The molecule has 2 atom stereocenters. The normalized spacial score (nSPS) is 19.8. The van der Waals surface area contributed by atoms with Gasteiger partial charge in [0, 0.05) is 10.2 Å². The van der Waals surface area contributed by atoms with Crippen molar-refractivity contribution in [3.8, 4) is 0 Å². The molecule has 1 aromatic carbocycles. The molecule has 0 aliphatic carbocycles. The molecule has 0 fully saturated rings. The van der Waals surface area contributed by atoms with Crippen LogP contribution in [0.3, 0.4) is 0 Å². The van der Waals surface area contributed by atoms with Gasteiger partial charge >= 0.3 is 0 Å². The third-order valence-corrected chi connectivity index (χ3v) is 7.52. The number of rotatable bonds is 4. The van der Waals surface area contributed by atoms with Crippen LogP contribution >= 0.6 is 56.8 Å². The van der Waals surface area contributed by atoms with E-state index in [4.69, 9.17) is 16.3 Å². The van der Waals surface area contributed by atoms with E-state index in [2.05, 4.69) is 88.0 Å². The molecule has 1 aliphatic rings. The van der Waals surface area contributed by atoms with E-state index in [1.165, 1.54) is 5.69 Å². The van der Waals surface area contributed by atoms with E-state index in [-0.39, 0.29) is 10.0 Å². The molecule has 0 amide bonds. The SMILES string of the molecule is CCOC(N1c2cc(I)c(Cl)cc2NC1I)[Si](C)(C)C. The van der Waals surface area contributed by atoms with Crippen LogP contribution in [0, 0.1) is 3.57 Å². The Kier molecular flexibility index (Phi) is 5.54. The molecule has 1 aromatic rings. The number of fused-ring (bicyclic) bond motifs is 1. The molecule has 1 aliphatic heterocycles. The fraction of sp³-hybridized carbons (Fsp3) is 0.538. The number of alkyl halides is 1. The predicted octanol–water partition coefficient (Wildman–Crippen LogP) is 5.14. The van der Waals surface area contributed by atoms with Crippen LogP contribution in [0.15, 0.2) is 12.1 Å². The molecule has 2 rings (SSSR count). The number of nitrogens with one attached hydrogen (secondary N) is 1. The van der Waals surface area contributed by atoms with E-state index in [0.29, 0.717) is 0 Å². The summed E-state index contributed by atoms with van der Waals surface area (Å²) >= 11 is 10.9. The smallest absolute Gasteiger partial charge is 0.154 e. The summed E-state index contributed by atoms with van der Waals surface area (Å²) in [6, 6.07) is 4.16. The Morgan fingerprint density at radius 2 is 2.10 bits per heavy atom. The maximum Gasteiger partial charge on any atom is 0.154 e. The Bertz CT molecular complexity index is 510. The quantitative estimate of drug-likeness (QED) is 0.250. The van der Waals surface area contributed by atoms with E-state index >= 15 is 0 Å². The highest BCUT2D eigenvalue weighted by Crippen LogP contribution is 2.43. The molecule has 0 aromatic heterocycles. The minimum absolute atomic E-state index is 0.153. The summed E-state index contributed by atoms with van der Waals surface area (Å²) in [5, 5.41) is 4.29. The fourth-order valence-corrected chi connectivity index (χ4v) is 5.97. The molecular formula is C13H19ClI2N2OSi. The predicted molar refractivity (Wildman–Crippen MR) is 107 cm³/mol. The van der Waals surface area contributed by atoms with Gasteiger partial charge in [-0.05, 0) is 64.2 Å². The maximum absolute atomic E-state index is 6.23. The summed E-state index contributed by atoms with van der Waals surface area (Å²) in [7, 11) is -1.49. The second kappa shape index (κ2) is 6.47. The number of halogens is 3. The van der Waals surface area contributed by atoms with Gasteiger partial charge in [-0.2, -0.15) is 0 Å². The van der Waals surface area contributed by atoms with Crippen molar-refractivity contribution in [1.82, 2.24) is 0 Å². The maximum atomic E-state index is 6.23. The van der Waals surface area contributed by atoms with Crippen LogP contribution in [0.1, 0.15) is 6.92 Å². The first kappa shape index (κ1) is 17.1. The van der Waals surface area contributed by atoms with E-state index in [9.17, 15) is 0 Å². The van der Waals surface area contributed by atoms with Gasteiger partial charge in [0.15, 0.2) is 4.17 Å². The van der Waals surface area contributed by atoms with Crippen molar-refractivity contribution in [3.63, 3.8) is 0 Å². The van der Waals surface area contributed by atoms with Crippen molar-refractivity contribution >= 4 is 76.2 Å². The monoisotopic (exact) mass is 536 g/mol. The van der Waals surface area contributed by atoms with Gasteiger partial charge in [-0.1, -0.05) is 31.2 Å². The first-order chi connectivity index (χ1) is 9.25. The van der Waals surface area contributed by atoms with Gasteiger partial charge in [-0.25, -0.2) is 0 Å². The van der Waals surface area contributed by atoms with Gasteiger partial charge in [0.2, 0.25) is 0 Å². The minimum atomic E-state index is -1.49. The van der Waals surface area contributed by atoms with Gasteiger partial charge in [0.05, 0.1) is 16.4 Å². The average molecular weight is 537 g/mol. The highest BCUT2D eigenvalue weighted by Gasteiger charge is 2.40. The standard InChI is InChI=1S/C13H19ClI2N2OSi/c1-5-19-13(20(2,3)4)18-11-7-9(15)8(14)6-10(11)17-12(18)16/h6-7,12-13,17H,5H2,1-4H3. The van der Waals surface area contributed by atoms with Crippen LogP contribution in [-0.2, 0) is 4.74 Å². The summed E-state index contributed by atoms with van der Waals surface area (Å²) in [6.07, 6.45) is 0. The molecule has 112 valence electrons. The van der Waals surface area contributed by atoms with Crippen molar-refractivity contribution in [2.75, 3.05) is 16.8 Å². The summed E-state index contributed by atoms with van der Waals surface area (Å²) in [6.45, 7) is 9.82. The highest BCUT2D eigenvalue weighted by molar-refractivity contribution is 14.1. The summed E-state index contributed by atoms with van der Waals surface area (Å²) in [4.78, 5) is 2.37. The first-order valence-corrected chi connectivity index (χ1v) is 12.8. The number of ether oxygens (including phenoxy) is 1. The fourth-order valence-electron chi connectivity index (χ4n) is 2.34. The van der Waals surface area contributed by atoms with Gasteiger partial charge in [-0.3, -0.25) is 0 Å². The highest BCUT2D eigenvalue weighted by atomic mass is 127. The Morgan fingerprint density at radius 1 is 1.45 bits per heavy atom. The second-order valence-corrected chi connectivity index (χ2v) is 13.8. The third kappa shape index (κ3) is 3.39. The molecule has 0 spiro atoms. The van der Waals surface area contributed by atoms with E-state index in [0.717, 1.165) is 20.9 Å². The van der Waals surface area contributed by atoms with E-state index in [1.54, 1.807) is 0 Å². The average Bonchev–Trinajstić information content (AvgIpc) is 2.61. The number of anilines is 2. The van der Waals surface area contributed by atoms with Crippen molar-refractivity contribution < 1.29 is 4.74 Å². The molecule has 20 heavy (non-hydrogen) atoms. The Morgan fingerprint density at radius 3 is 2.65 bits per heavy atom. The molecule has 1 heterocycles. The zero-order chi connectivity index (χ0) is 15.1. The molecule has 3 nitrogen and oxygen atoms in total. The van der Waals surface area contributed by atoms with Crippen LogP contribution < -0.4 is 10.2 Å². The van der Waals surface area contributed by atoms with E-state index in [1.807, 2.05) is 6.07 Å². The largest absolute Gasteiger partial charge is 0.362 e. The van der Waals surface area contributed by atoms with Gasteiger partial charge < -0.3 is 15.0 Å². The van der Waals surface area contributed by atoms with Crippen molar-refractivity contribution in [2.24, 2.45) is 0 Å². The lowest BCUT2D eigenvalue weighted by atomic mass is 10.3. The summed E-state index contributed by atoms with van der Waals surface area (Å²) in [5.74, 6) is 0.153. The van der Waals surface area contributed by atoms with E-state index < -0.39 is 8.07 Å². The minimum Gasteiger partial charge on any atom is -0.362 e. The van der Waals surface area contributed by atoms with Crippen LogP contribution in [0.2, 0.25) is 24.7 Å². The zero-order valence-corrected chi connectivity index (χ0v) is 18.1. The van der Waals surface area contributed by atoms with Crippen molar-refractivity contribution in [3.05, 3.63) is 20.7 Å². The molecule has 0 saturated heterocycles. The Hall–Kier alpha value is 0.747. The molecular weight excluding hydrogens is 518 g/mol. The van der Waals surface area contributed by atoms with Crippen LogP contribution in [-0.4, -0.2) is 24.7 Å². The van der Waals surface area contributed by atoms with Gasteiger partial charge in [0.25, 0.3) is 0 Å². The summed E-state index contributed by atoms with van der Waals surface area (Å²) in [5.41, 5.74) is 2.29. The number of benzene rings is 1. The van der Waals surface area contributed by atoms with Crippen molar-refractivity contribution in [2.45, 2.75) is 36.6 Å². The molecule has 2 unspecified atom stereocenters. The molecule has 0 saturated carbocycles. The van der Waals surface area contributed by atoms with Crippen LogP contribution in [0.5, 0.6) is 0 Å². The first-order valence-electron chi connectivity index (χ1n) is 6.55. The zero-order valence-electron chi connectivity index (χ0n) is 12.0. The van der Waals surface area contributed by atoms with Gasteiger partial charge in [-0.15, -0.1) is 0 Å². The number of hydrogen-bond acceptors (Lipinski definition) is 3. The van der Waals surface area contributed by atoms with Crippen molar-refractivity contribution in [1.29, 1.82) is 0 Å². The van der Waals surface area contributed by atoms with Crippen LogP contribution in [0.4, 0.5) is 11.4 Å². The molecule has 7 heteroatoms. The molecule has 1 N–H and O–H groups in total. The van der Waals surface area contributed by atoms with Gasteiger partial charge in [0.1, 0.15) is 13.9 Å². The number of hydrogen-bond donors (Lipinski definition) is 1. The third-order valence-electron chi connectivity index (χ3n) is 3.15. The topological polar surface area (TPSA) is 24.5 Å². The molecule has 0 bridgehead atoms. The Balaban J connectivity index is 2.45. The Labute approximate surface area is 154 Å². The lowest BCUT2D eigenvalue weighted by molar-refractivity contribution is 0.109. The summed E-state index contributed by atoms with van der Waals surface area (Å²) < 4.78 is 7.36. The lowest BCUT2D eigenvalue weighted by Gasteiger charge is -2.39. The number of nitrogens with zero attached hydrogens (tertiary/aromatic N) is 1. The lowest BCUT2D eigenvalue weighted by Crippen LogP contribution is -2.55. The second-order valence-electron chi connectivity index (χ2n) is 5.84.